The van der Waals surface area contributed by atoms with E-state index in [1.807, 2.05) is 26.0 Å². The Morgan fingerprint density at radius 3 is 2.78 bits per heavy atom. The van der Waals surface area contributed by atoms with Gasteiger partial charge in [0, 0.05) is 5.69 Å². The highest BCUT2D eigenvalue weighted by molar-refractivity contribution is 6.33. The molecule has 2 rings (SSSR count). The minimum atomic E-state index is -0.469. The third-order valence-corrected chi connectivity index (χ3v) is 3.72. The molecule has 2 N–H and O–H groups in total. The highest BCUT2D eigenvalue weighted by atomic mass is 35.5. The second kappa shape index (κ2) is 5.31. The summed E-state index contributed by atoms with van der Waals surface area (Å²) in [5.41, 5.74) is 3.80. The Kier molecular flexibility index (Phi) is 3.95. The van der Waals surface area contributed by atoms with Gasteiger partial charge in [0.25, 0.3) is 0 Å². The van der Waals surface area contributed by atoms with Gasteiger partial charge in [0.2, 0.25) is 0 Å². The summed E-state index contributed by atoms with van der Waals surface area (Å²) in [7, 11) is 0. The molecule has 0 unspecified atom stereocenters. The van der Waals surface area contributed by atoms with Gasteiger partial charge in [0.05, 0.1) is 30.4 Å². The third kappa shape index (κ3) is 2.53. The fourth-order valence-electron chi connectivity index (χ4n) is 2.05. The van der Waals surface area contributed by atoms with E-state index in [9.17, 15) is 5.11 Å². The zero-order valence-electron chi connectivity index (χ0n) is 10.7. The Labute approximate surface area is 112 Å². The van der Waals surface area contributed by atoms with E-state index in [-0.39, 0.29) is 6.04 Å². The van der Waals surface area contributed by atoms with Crippen LogP contribution in [0.2, 0.25) is 5.02 Å². The van der Waals surface area contributed by atoms with Crippen molar-refractivity contribution < 1.29 is 9.84 Å². The summed E-state index contributed by atoms with van der Waals surface area (Å²) in [6.45, 7) is 8.70. The molecule has 0 aliphatic carbocycles. The van der Waals surface area contributed by atoms with Gasteiger partial charge in [-0.1, -0.05) is 24.2 Å². The number of anilines is 1. The highest BCUT2D eigenvalue weighted by Gasteiger charge is 2.26. The lowest BCUT2D eigenvalue weighted by Crippen LogP contribution is -2.32. The molecule has 1 aliphatic rings. The number of ether oxygens (including phenoxy) is 1. The Balaban J connectivity index is 2.24. The van der Waals surface area contributed by atoms with E-state index < -0.39 is 6.10 Å². The molecule has 1 heterocycles. The summed E-state index contributed by atoms with van der Waals surface area (Å²) in [5, 5.41) is 13.7. The number of allylic oxidation sites excluding steroid dienone is 1. The van der Waals surface area contributed by atoms with Crippen LogP contribution in [0.15, 0.2) is 18.7 Å². The van der Waals surface area contributed by atoms with E-state index in [2.05, 4.69) is 11.9 Å². The third-order valence-electron chi connectivity index (χ3n) is 3.24. The first-order chi connectivity index (χ1) is 8.50. The zero-order chi connectivity index (χ0) is 13.3. The Hall–Kier alpha value is -1.03. The summed E-state index contributed by atoms with van der Waals surface area (Å²) in [4.78, 5) is 0. The molecule has 0 saturated carbocycles. The average Bonchev–Trinajstić information content (AvgIpc) is 2.70. The Morgan fingerprint density at radius 2 is 2.22 bits per heavy atom. The summed E-state index contributed by atoms with van der Waals surface area (Å²) >= 11 is 6.32. The molecular weight excluding hydrogens is 250 g/mol. The number of benzene rings is 1. The lowest BCUT2D eigenvalue weighted by Gasteiger charge is -2.19. The monoisotopic (exact) mass is 267 g/mol. The molecule has 2 atom stereocenters. The second-order valence-electron chi connectivity index (χ2n) is 4.74. The van der Waals surface area contributed by atoms with Crippen molar-refractivity contribution in [2.45, 2.75) is 26.0 Å². The van der Waals surface area contributed by atoms with Crippen LogP contribution in [-0.2, 0) is 4.74 Å². The van der Waals surface area contributed by atoms with Gasteiger partial charge < -0.3 is 15.2 Å². The topological polar surface area (TPSA) is 41.5 Å². The van der Waals surface area contributed by atoms with Crippen LogP contribution in [0, 0.1) is 6.92 Å². The molecular formula is C14H18ClNO2. The number of aliphatic hydroxyl groups excluding tert-OH is 1. The van der Waals surface area contributed by atoms with Crippen molar-refractivity contribution in [1.29, 1.82) is 0 Å². The van der Waals surface area contributed by atoms with Gasteiger partial charge in [0.1, 0.15) is 0 Å². The average molecular weight is 268 g/mol. The van der Waals surface area contributed by atoms with Crippen LogP contribution in [0.3, 0.4) is 0 Å². The van der Waals surface area contributed by atoms with Crippen molar-refractivity contribution in [2.75, 3.05) is 18.5 Å². The highest BCUT2D eigenvalue weighted by Crippen LogP contribution is 2.31. The van der Waals surface area contributed by atoms with Gasteiger partial charge in [0.15, 0.2) is 0 Å². The molecule has 3 nitrogen and oxygen atoms in total. The molecule has 1 aromatic carbocycles. The van der Waals surface area contributed by atoms with Gasteiger partial charge >= 0.3 is 0 Å². The largest absolute Gasteiger partial charge is 0.388 e. The number of aliphatic hydroxyl groups is 1. The predicted molar refractivity (Wildman–Crippen MR) is 75.1 cm³/mol. The number of rotatable bonds is 3. The fraction of sp³-hybridized carbons (Fsp3) is 0.429. The van der Waals surface area contributed by atoms with Crippen molar-refractivity contribution >= 4 is 22.9 Å². The smallest absolute Gasteiger partial charge is 0.0996 e. The molecule has 0 bridgehead atoms. The van der Waals surface area contributed by atoms with Crippen LogP contribution in [0.5, 0.6) is 0 Å². The predicted octanol–water partition coefficient (Wildman–Crippen LogP) is 2.85. The molecule has 1 aliphatic heterocycles. The van der Waals surface area contributed by atoms with Gasteiger partial charge in [-0.2, -0.15) is 0 Å². The summed E-state index contributed by atoms with van der Waals surface area (Å²) in [5.74, 6) is 0. The summed E-state index contributed by atoms with van der Waals surface area (Å²) in [6.07, 6.45) is -0.469. The Morgan fingerprint density at radius 1 is 1.50 bits per heavy atom. The minimum Gasteiger partial charge on any atom is -0.388 e. The maximum absolute atomic E-state index is 9.72. The van der Waals surface area contributed by atoms with Gasteiger partial charge in [-0.25, -0.2) is 0 Å². The molecule has 1 fully saturated rings. The molecule has 1 aromatic rings. The van der Waals surface area contributed by atoms with Crippen molar-refractivity contribution in [1.82, 2.24) is 0 Å². The molecule has 98 valence electrons. The number of hydrogen-bond acceptors (Lipinski definition) is 3. The SMILES string of the molecule is C=C(C)c1ccc(N[C@@H]2COC[C@@H]2O)c(C)c1Cl. The van der Waals surface area contributed by atoms with E-state index in [0.29, 0.717) is 18.2 Å². The zero-order valence-corrected chi connectivity index (χ0v) is 11.4. The summed E-state index contributed by atoms with van der Waals surface area (Å²) in [6, 6.07) is 3.84. The summed E-state index contributed by atoms with van der Waals surface area (Å²) < 4.78 is 5.21. The standard InChI is InChI=1S/C14H18ClNO2/c1-8(2)10-4-5-11(9(3)14(10)15)16-12-6-18-7-13(12)17/h4-5,12-13,16-17H,1,6-7H2,2-3H3/t12-,13+/m1/s1. The van der Waals surface area contributed by atoms with E-state index in [4.69, 9.17) is 16.3 Å². The van der Waals surface area contributed by atoms with Crippen molar-refractivity contribution in [3.05, 3.63) is 34.9 Å². The maximum Gasteiger partial charge on any atom is 0.0996 e. The van der Waals surface area contributed by atoms with Gasteiger partial charge in [-0.3, -0.25) is 0 Å². The molecule has 0 radical (unpaired) electrons. The van der Waals surface area contributed by atoms with E-state index in [1.165, 1.54) is 0 Å². The van der Waals surface area contributed by atoms with Gasteiger partial charge in [-0.05, 0) is 36.6 Å². The number of hydrogen-bond donors (Lipinski definition) is 2. The molecule has 18 heavy (non-hydrogen) atoms. The molecule has 0 spiro atoms. The lowest BCUT2D eigenvalue weighted by molar-refractivity contribution is 0.125. The number of halogens is 1. The fourth-order valence-corrected chi connectivity index (χ4v) is 2.38. The van der Waals surface area contributed by atoms with Crippen LogP contribution in [-0.4, -0.2) is 30.5 Å². The van der Waals surface area contributed by atoms with Crippen LogP contribution in [0.25, 0.3) is 5.57 Å². The second-order valence-corrected chi connectivity index (χ2v) is 5.11. The first kappa shape index (κ1) is 13.4. The normalized spacial score (nSPS) is 23.1. The van der Waals surface area contributed by atoms with Crippen molar-refractivity contribution in [3.63, 3.8) is 0 Å². The van der Waals surface area contributed by atoms with E-state index in [0.717, 1.165) is 22.4 Å². The van der Waals surface area contributed by atoms with Crippen LogP contribution < -0.4 is 5.32 Å². The van der Waals surface area contributed by atoms with E-state index >= 15 is 0 Å². The molecule has 0 aromatic heterocycles. The molecule has 1 saturated heterocycles. The van der Waals surface area contributed by atoms with Crippen molar-refractivity contribution in [2.24, 2.45) is 0 Å². The van der Waals surface area contributed by atoms with Crippen LogP contribution >= 0.6 is 11.6 Å². The van der Waals surface area contributed by atoms with Crippen LogP contribution in [0.4, 0.5) is 5.69 Å². The maximum atomic E-state index is 9.72. The van der Waals surface area contributed by atoms with E-state index in [1.54, 1.807) is 0 Å². The Bertz CT molecular complexity index is 473. The minimum absolute atomic E-state index is 0.0737. The first-order valence-electron chi connectivity index (χ1n) is 5.98. The quantitative estimate of drug-likeness (QED) is 0.885. The van der Waals surface area contributed by atoms with Gasteiger partial charge in [-0.15, -0.1) is 0 Å². The first-order valence-corrected chi connectivity index (χ1v) is 6.36. The molecule has 0 amide bonds. The lowest BCUT2D eigenvalue weighted by atomic mass is 10.0. The van der Waals surface area contributed by atoms with Crippen LogP contribution in [0.1, 0.15) is 18.1 Å². The van der Waals surface area contributed by atoms with Crippen molar-refractivity contribution in [3.8, 4) is 0 Å². The molecule has 4 heteroatoms. The number of nitrogens with one attached hydrogen (secondary N) is 1.